The Labute approximate surface area is 262 Å². The Bertz CT molecular complexity index is 1430. The van der Waals surface area contributed by atoms with Crippen LogP contribution in [0.4, 0.5) is 22.0 Å². The lowest BCUT2D eigenvalue weighted by molar-refractivity contribution is -0.284. The standard InChI is InChI=1S/C34H43F5O5S/c1-32-21-28(31-26-13-9-24(40)20-23(26)8-12-27(31)29(32)14-15-30(32)41)22-6-10-25(11-7-22)44-17-3-2-4-18-45(42,43)19-5-16-33(35,36)34(37,38)39/h6-7,9-11,13,20,27-31,40-41H,2-5,8,12,14-19,21H2,1H3/t27?,28?,29?,30?,31?,32-/m1/s1. The van der Waals surface area contributed by atoms with Gasteiger partial charge in [-0.05, 0) is 128 Å². The van der Waals surface area contributed by atoms with Crippen LogP contribution in [-0.4, -0.2) is 54.9 Å². The Hall–Kier alpha value is -2.40. The summed E-state index contributed by atoms with van der Waals surface area (Å²) in [5.74, 6) is -3.43. The molecule has 5 unspecified atom stereocenters. The number of alkyl halides is 5. The van der Waals surface area contributed by atoms with E-state index < -0.39 is 40.5 Å². The molecule has 250 valence electrons. The summed E-state index contributed by atoms with van der Waals surface area (Å²) >= 11 is 0. The Balaban J connectivity index is 1.14. The second-order valence-corrected chi connectivity index (χ2v) is 15.9. The summed E-state index contributed by atoms with van der Waals surface area (Å²) in [5, 5.41) is 21.2. The molecule has 6 atom stereocenters. The van der Waals surface area contributed by atoms with E-state index in [-0.39, 0.29) is 35.4 Å². The van der Waals surface area contributed by atoms with Crippen LogP contribution in [0.3, 0.4) is 0 Å². The maximum absolute atomic E-state index is 13.0. The van der Waals surface area contributed by atoms with Crippen molar-refractivity contribution in [1.82, 2.24) is 0 Å². The highest BCUT2D eigenvalue weighted by atomic mass is 32.2. The first-order valence-electron chi connectivity index (χ1n) is 16.0. The molecule has 5 rings (SSSR count). The normalized spacial score (nSPS) is 28.3. The number of ether oxygens (including phenoxy) is 1. The number of hydrogen-bond donors (Lipinski definition) is 2. The fourth-order valence-electron chi connectivity index (χ4n) is 8.35. The van der Waals surface area contributed by atoms with Crippen LogP contribution < -0.4 is 4.74 Å². The van der Waals surface area contributed by atoms with E-state index >= 15 is 0 Å². The van der Waals surface area contributed by atoms with E-state index in [0.29, 0.717) is 43.0 Å². The molecular weight excluding hydrogens is 615 g/mol. The summed E-state index contributed by atoms with van der Waals surface area (Å²) < 4.78 is 92.8. The third kappa shape index (κ3) is 7.29. The number of fused-ring (bicyclic) bond motifs is 5. The average molecular weight is 659 g/mol. The van der Waals surface area contributed by atoms with E-state index in [2.05, 4.69) is 25.1 Å². The topological polar surface area (TPSA) is 83.8 Å². The van der Waals surface area contributed by atoms with Crippen molar-refractivity contribution < 1.29 is 45.3 Å². The van der Waals surface area contributed by atoms with Crippen molar-refractivity contribution in [2.45, 2.75) is 101 Å². The number of sulfone groups is 1. The number of aliphatic hydroxyl groups excluding tert-OH is 1. The van der Waals surface area contributed by atoms with E-state index in [1.54, 1.807) is 6.07 Å². The van der Waals surface area contributed by atoms with Crippen molar-refractivity contribution in [3.63, 3.8) is 0 Å². The molecule has 0 amide bonds. The second-order valence-electron chi connectivity index (χ2n) is 13.6. The van der Waals surface area contributed by atoms with Crippen molar-refractivity contribution in [3.8, 4) is 11.5 Å². The quantitative estimate of drug-likeness (QED) is 0.179. The molecule has 2 N–H and O–H groups in total. The number of aryl methyl sites for hydroxylation is 1. The average Bonchev–Trinajstić information content (AvgIpc) is 3.27. The molecule has 0 spiro atoms. The minimum atomic E-state index is -5.68. The number of halogens is 5. The SMILES string of the molecule is C[C@@]12CC(c3ccc(OCCCCCS(=O)(=O)CCCC(F)(F)C(F)(F)F)cc3)C3c4ccc(O)cc4CCC3C1CCC2O. The molecule has 2 fully saturated rings. The van der Waals surface area contributed by atoms with Gasteiger partial charge in [-0.15, -0.1) is 0 Å². The molecule has 0 aromatic heterocycles. The van der Waals surface area contributed by atoms with Crippen LogP contribution in [0.2, 0.25) is 0 Å². The van der Waals surface area contributed by atoms with Gasteiger partial charge in [0.2, 0.25) is 0 Å². The van der Waals surface area contributed by atoms with Gasteiger partial charge >= 0.3 is 12.1 Å². The minimum absolute atomic E-state index is 0.142. The van der Waals surface area contributed by atoms with E-state index in [9.17, 15) is 40.6 Å². The molecular formula is C34H43F5O5S. The molecule has 11 heteroatoms. The predicted molar refractivity (Wildman–Crippen MR) is 162 cm³/mol. The first-order chi connectivity index (χ1) is 21.1. The first kappa shape index (κ1) is 33.9. The number of aliphatic hydroxyl groups is 1. The summed E-state index contributed by atoms with van der Waals surface area (Å²) in [6, 6.07) is 13.8. The maximum Gasteiger partial charge on any atom is 0.453 e. The molecule has 0 saturated heterocycles. The van der Waals surface area contributed by atoms with Crippen LogP contribution in [0.25, 0.3) is 0 Å². The van der Waals surface area contributed by atoms with Crippen LogP contribution in [0, 0.1) is 17.3 Å². The largest absolute Gasteiger partial charge is 0.508 e. The smallest absolute Gasteiger partial charge is 0.453 e. The van der Waals surface area contributed by atoms with E-state index in [1.807, 2.05) is 18.2 Å². The fourth-order valence-corrected chi connectivity index (χ4v) is 9.79. The molecule has 0 heterocycles. The number of phenols is 1. The van der Waals surface area contributed by atoms with Crippen LogP contribution in [0.15, 0.2) is 42.5 Å². The summed E-state index contributed by atoms with van der Waals surface area (Å²) in [6.45, 7) is 2.61. The van der Waals surface area contributed by atoms with Gasteiger partial charge in [0.05, 0.1) is 24.2 Å². The van der Waals surface area contributed by atoms with Gasteiger partial charge in [0.25, 0.3) is 0 Å². The summed E-state index contributed by atoms with van der Waals surface area (Å²) in [4.78, 5) is 0. The highest BCUT2D eigenvalue weighted by Crippen LogP contribution is 2.65. The van der Waals surface area contributed by atoms with Gasteiger partial charge in [0.15, 0.2) is 0 Å². The van der Waals surface area contributed by atoms with E-state index in [0.717, 1.165) is 32.1 Å². The zero-order valence-corrected chi connectivity index (χ0v) is 26.4. The lowest BCUT2D eigenvalue weighted by Gasteiger charge is -2.54. The molecule has 3 aliphatic rings. The van der Waals surface area contributed by atoms with Crippen molar-refractivity contribution in [2.24, 2.45) is 17.3 Å². The summed E-state index contributed by atoms with van der Waals surface area (Å²) in [7, 11) is -3.72. The highest BCUT2D eigenvalue weighted by molar-refractivity contribution is 7.91. The van der Waals surface area contributed by atoms with Crippen molar-refractivity contribution >= 4 is 9.84 Å². The third-order valence-corrected chi connectivity index (χ3v) is 12.5. The Morgan fingerprint density at radius 3 is 2.36 bits per heavy atom. The predicted octanol–water partition coefficient (Wildman–Crippen LogP) is 7.94. The number of hydrogen-bond acceptors (Lipinski definition) is 5. The summed E-state index contributed by atoms with van der Waals surface area (Å²) in [5.41, 5.74) is 3.56. The fraction of sp³-hybridized carbons (Fsp3) is 0.647. The number of unbranched alkanes of at least 4 members (excludes halogenated alkanes) is 2. The lowest BCUT2D eigenvalue weighted by atomic mass is 9.51. The zero-order chi connectivity index (χ0) is 32.6. The van der Waals surface area contributed by atoms with E-state index in [4.69, 9.17) is 4.74 Å². The number of rotatable bonds is 12. The number of aromatic hydroxyl groups is 1. The van der Waals surface area contributed by atoms with Crippen molar-refractivity contribution in [1.29, 1.82) is 0 Å². The van der Waals surface area contributed by atoms with Gasteiger partial charge in [-0.2, -0.15) is 22.0 Å². The first-order valence-corrected chi connectivity index (χ1v) is 17.8. The van der Waals surface area contributed by atoms with E-state index in [1.165, 1.54) is 16.7 Å². The monoisotopic (exact) mass is 658 g/mol. The van der Waals surface area contributed by atoms with Crippen LogP contribution in [-0.2, 0) is 16.3 Å². The third-order valence-electron chi connectivity index (χ3n) is 10.7. The molecule has 2 saturated carbocycles. The summed E-state index contributed by atoms with van der Waals surface area (Å²) in [6.07, 6.45) is -2.19. The Morgan fingerprint density at radius 2 is 1.64 bits per heavy atom. The number of benzene rings is 2. The van der Waals surface area contributed by atoms with Crippen LogP contribution in [0.1, 0.15) is 93.2 Å². The van der Waals surface area contributed by atoms with Gasteiger partial charge in [-0.25, -0.2) is 8.42 Å². The maximum atomic E-state index is 13.0. The second kappa shape index (κ2) is 13.0. The Morgan fingerprint density at radius 1 is 0.933 bits per heavy atom. The molecule has 0 bridgehead atoms. The minimum Gasteiger partial charge on any atom is -0.508 e. The van der Waals surface area contributed by atoms with Crippen LogP contribution >= 0.6 is 0 Å². The lowest BCUT2D eigenvalue weighted by Crippen LogP contribution is -2.47. The van der Waals surface area contributed by atoms with Crippen molar-refractivity contribution in [3.05, 3.63) is 59.2 Å². The Kier molecular flexibility index (Phi) is 9.81. The molecule has 2 aromatic rings. The van der Waals surface area contributed by atoms with Gasteiger partial charge in [0, 0.05) is 6.42 Å². The zero-order valence-electron chi connectivity index (χ0n) is 25.5. The molecule has 0 aliphatic heterocycles. The van der Waals surface area contributed by atoms with Gasteiger partial charge in [-0.1, -0.05) is 25.1 Å². The van der Waals surface area contributed by atoms with Gasteiger partial charge in [-0.3, -0.25) is 0 Å². The molecule has 3 aliphatic carbocycles. The van der Waals surface area contributed by atoms with Gasteiger partial charge < -0.3 is 14.9 Å². The molecule has 0 radical (unpaired) electrons. The molecule has 2 aromatic carbocycles. The molecule has 5 nitrogen and oxygen atoms in total. The van der Waals surface area contributed by atoms with Gasteiger partial charge in [0.1, 0.15) is 21.3 Å². The highest BCUT2D eigenvalue weighted by Gasteiger charge is 2.58. The van der Waals surface area contributed by atoms with Crippen LogP contribution in [0.5, 0.6) is 11.5 Å². The van der Waals surface area contributed by atoms with Crippen molar-refractivity contribution in [2.75, 3.05) is 18.1 Å². The number of phenolic OH excluding ortho intramolecular Hbond substituents is 1. The molecule has 45 heavy (non-hydrogen) atoms.